The summed E-state index contributed by atoms with van der Waals surface area (Å²) in [6.07, 6.45) is 1.67. The number of aliphatic carboxylic acids is 1. The Balaban J connectivity index is 1.78. The van der Waals surface area contributed by atoms with Crippen LogP contribution in [0.15, 0.2) is 24.3 Å². The maximum Gasteiger partial charge on any atom is 0.310 e. The lowest BCUT2D eigenvalue weighted by Crippen LogP contribution is -2.47. The van der Waals surface area contributed by atoms with E-state index in [2.05, 4.69) is 4.90 Å². The van der Waals surface area contributed by atoms with Crippen molar-refractivity contribution < 1.29 is 19.4 Å². The van der Waals surface area contributed by atoms with Gasteiger partial charge in [-0.15, -0.1) is 0 Å². The molecule has 1 aliphatic heterocycles. The van der Waals surface area contributed by atoms with Gasteiger partial charge in [-0.3, -0.25) is 9.69 Å². The van der Waals surface area contributed by atoms with E-state index in [0.29, 0.717) is 13.2 Å². The lowest BCUT2D eigenvalue weighted by Gasteiger charge is -2.37. The standard InChI is InChI=1S/C16H23NO4/c1-16(15(18)19)8-3-9-17(12-16)10-11-21-14-6-4-13(20-2)5-7-14/h4-7H,3,8-12H2,1-2H3,(H,18,19). The summed E-state index contributed by atoms with van der Waals surface area (Å²) in [4.78, 5) is 13.5. The Bertz CT molecular complexity index is 474. The minimum absolute atomic E-state index is 0.558. The number of carbonyl (C=O) groups is 1. The number of hydrogen-bond donors (Lipinski definition) is 1. The van der Waals surface area contributed by atoms with Gasteiger partial charge in [-0.1, -0.05) is 0 Å². The fourth-order valence-corrected chi connectivity index (χ4v) is 2.67. The molecular formula is C16H23NO4. The van der Waals surface area contributed by atoms with Crippen LogP contribution >= 0.6 is 0 Å². The zero-order valence-electron chi connectivity index (χ0n) is 12.7. The molecule has 0 radical (unpaired) electrons. The van der Waals surface area contributed by atoms with Gasteiger partial charge in [-0.05, 0) is 50.6 Å². The number of carboxylic acid groups (broad SMARTS) is 1. The Morgan fingerprint density at radius 2 is 2.00 bits per heavy atom. The average molecular weight is 293 g/mol. The molecule has 0 spiro atoms. The lowest BCUT2D eigenvalue weighted by molar-refractivity contribution is -0.151. The fourth-order valence-electron chi connectivity index (χ4n) is 2.67. The van der Waals surface area contributed by atoms with Crippen LogP contribution in [-0.2, 0) is 4.79 Å². The highest BCUT2D eigenvalue weighted by molar-refractivity contribution is 5.74. The van der Waals surface area contributed by atoms with Crippen molar-refractivity contribution in [2.24, 2.45) is 5.41 Å². The number of piperidine rings is 1. The first-order valence-electron chi connectivity index (χ1n) is 7.26. The van der Waals surface area contributed by atoms with Crippen LogP contribution in [0, 0.1) is 5.41 Å². The molecule has 1 N–H and O–H groups in total. The maximum absolute atomic E-state index is 11.3. The van der Waals surface area contributed by atoms with E-state index in [-0.39, 0.29) is 0 Å². The molecule has 0 bridgehead atoms. The smallest absolute Gasteiger partial charge is 0.310 e. The second-order valence-corrected chi connectivity index (χ2v) is 5.77. The van der Waals surface area contributed by atoms with Gasteiger partial charge in [-0.2, -0.15) is 0 Å². The van der Waals surface area contributed by atoms with Gasteiger partial charge in [0.15, 0.2) is 0 Å². The van der Waals surface area contributed by atoms with E-state index >= 15 is 0 Å². The summed E-state index contributed by atoms with van der Waals surface area (Å²) in [6.45, 7) is 4.66. The van der Waals surface area contributed by atoms with Crippen LogP contribution in [0.3, 0.4) is 0 Å². The number of nitrogens with zero attached hydrogens (tertiary/aromatic N) is 1. The van der Waals surface area contributed by atoms with Crippen molar-refractivity contribution in [1.82, 2.24) is 4.90 Å². The molecule has 0 saturated carbocycles. The summed E-state index contributed by atoms with van der Waals surface area (Å²) in [5, 5.41) is 9.30. The molecule has 1 saturated heterocycles. The molecule has 1 aromatic rings. The van der Waals surface area contributed by atoms with Crippen LogP contribution in [0.1, 0.15) is 19.8 Å². The van der Waals surface area contributed by atoms with E-state index in [0.717, 1.165) is 37.4 Å². The number of rotatable bonds is 6. The van der Waals surface area contributed by atoms with Gasteiger partial charge in [0.25, 0.3) is 0 Å². The average Bonchev–Trinajstić information content (AvgIpc) is 2.48. The number of methoxy groups -OCH3 is 1. The fraction of sp³-hybridized carbons (Fsp3) is 0.562. The minimum Gasteiger partial charge on any atom is -0.497 e. The first-order chi connectivity index (χ1) is 10.0. The van der Waals surface area contributed by atoms with Crippen LogP contribution < -0.4 is 9.47 Å². The number of hydrogen-bond acceptors (Lipinski definition) is 4. The monoisotopic (exact) mass is 293 g/mol. The highest BCUT2D eigenvalue weighted by atomic mass is 16.5. The largest absolute Gasteiger partial charge is 0.497 e. The third kappa shape index (κ3) is 4.11. The van der Waals surface area contributed by atoms with E-state index in [4.69, 9.17) is 9.47 Å². The summed E-state index contributed by atoms with van der Waals surface area (Å²) >= 11 is 0. The summed E-state index contributed by atoms with van der Waals surface area (Å²) < 4.78 is 10.8. The second-order valence-electron chi connectivity index (χ2n) is 5.77. The molecule has 1 fully saturated rings. The van der Waals surface area contributed by atoms with Gasteiger partial charge in [0.2, 0.25) is 0 Å². The second kappa shape index (κ2) is 6.80. The van der Waals surface area contributed by atoms with E-state index in [1.54, 1.807) is 7.11 Å². The molecule has 21 heavy (non-hydrogen) atoms. The maximum atomic E-state index is 11.3. The Morgan fingerprint density at radius 3 is 2.62 bits per heavy atom. The first kappa shape index (κ1) is 15.6. The summed E-state index contributed by atoms with van der Waals surface area (Å²) in [6, 6.07) is 7.46. The summed E-state index contributed by atoms with van der Waals surface area (Å²) in [5.74, 6) is 0.896. The van der Waals surface area contributed by atoms with E-state index in [1.807, 2.05) is 31.2 Å². The molecule has 5 heteroatoms. The SMILES string of the molecule is COc1ccc(OCCN2CCCC(C)(C(=O)O)C2)cc1. The molecule has 5 nitrogen and oxygen atoms in total. The summed E-state index contributed by atoms with van der Waals surface area (Å²) in [5.41, 5.74) is -0.627. The summed E-state index contributed by atoms with van der Waals surface area (Å²) in [7, 11) is 1.63. The predicted molar refractivity (Wildman–Crippen MR) is 79.9 cm³/mol. The van der Waals surface area contributed by atoms with Gasteiger partial charge in [0, 0.05) is 13.1 Å². The molecule has 2 rings (SSSR count). The number of carboxylic acids is 1. The Labute approximate surface area is 125 Å². The van der Waals surface area contributed by atoms with Crippen LogP contribution in [-0.4, -0.2) is 49.3 Å². The van der Waals surface area contributed by atoms with Gasteiger partial charge in [-0.25, -0.2) is 0 Å². The van der Waals surface area contributed by atoms with Crippen molar-refractivity contribution in [2.45, 2.75) is 19.8 Å². The molecule has 0 amide bonds. The Morgan fingerprint density at radius 1 is 1.33 bits per heavy atom. The quantitative estimate of drug-likeness (QED) is 0.872. The van der Waals surface area contributed by atoms with Gasteiger partial charge < -0.3 is 14.6 Å². The van der Waals surface area contributed by atoms with Crippen LogP contribution in [0.5, 0.6) is 11.5 Å². The Kier molecular flexibility index (Phi) is 5.07. The van der Waals surface area contributed by atoms with E-state index < -0.39 is 11.4 Å². The normalized spacial score (nSPS) is 22.8. The molecule has 1 atom stereocenters. The zero-order valence-corrected chi connectivity index (χ0v) is 12.7. The van der Waals surface area contributed by atoms with Crippen molar-refractivity contribution >= 4 is 5.97 Å². The molecular weight excluding hydrogens is 270 g/mol. The van der Waals surface area contributed by atoms with Crippen molar-refractivity contribution in [3.8, 4) is 11.5 Å². The van der Waals surface area contributed by atoms with Crippen LogP contribution in [0.25, 0.3) is 0 Å². The molecule has 1 unspecified atom stereocenters. The molecule has 1 heterocycles. The molecule has 1 aliphatic rings. The Hall–Kier alpha value is -1.75. The van der Waals surface area contributed by atoms with Gasteiger partial charge >= 0.3 is 5.97 Å². The topological polar surface area (TPSA) is 59.0 Å². The van der Waals surface area contributed by atoms with Crippen LogP contribution in [0.4, 0.5) is 0 Å². The third-order valence-electron chi connectivity index (χ3n) is 4.03. The number of likely N-dealkylation sites (tertiary alicyclic amines) is 1. The number of ether oxygens (including phenoxy) is 2. The van der Waals surface area contributed by atoms with Crippen molar-refractivity contribution in [3.63, 3.8) is 0 Å². The highest BCUT2D eigenvalue weighted by Gasteiger charge is 2.37. The van der Waals surface area contributed by atoms with Crippen molar-refractivity contribution in [3.05, 3.63) is 24.3 Å². The van der Waals surface area contributed by atoms with E-state index in [1.165, 1.54) is 0 Å². The first-order valence-corrected chi connectivity index (χ1v) is 7.26. The molecule has 1 aromatic carbocycles. The zero-order chi connectivity index (χ0) is 15.3. The molecule has 0 aliphatic carbocycles. The number of benzene rings is 1. The highest BCUT2D eigenvalue weighted by Crippen LogP contribution is 2.29. The molecule has 0 aromatic heterocycles. The molecule has 116 valence electrons. The third-order valence-corrected chi connectivity index (χ3v) is 4.03. The van der Waals surface area contributed by atoms with Crippen molar-refractivity contribution in [1.29, 1.82) is 0 Å². The minimum atomic E-state index is -0.705. The lowest BCUT2D eigenvalue weighted by atomic mass is 9.82. The van der Waals surface area contributed by atoms with Crippen molar-refractivity contribution in [2.75, 3.05) is 33.4 Å². The van der Waals surface area contributed by atoms with Crippen LogP contribution in [0.2, 0.25) is 0 Å². The predicted octanol–water partition coefficient (Wildman–Crippen LogP) is 2.26. The van der Waals surface area contributed by atoms with Gasteiger partial charge in [0.05, 0.1) is 12.5 Å². The van der Waals surface area contributed by atoms with Gasteiger partial charge in [0.1, 0.15) is 18.1 Å². The van der Waals surface area contributed by atoms with E-state index in [9.17, 15) is 9.90 Å².